The third kappa shape index (κ3) is 17.5. The molecule has 1 atom stereocenters. The molecule has 0 aromatic heterocycles. The summed E-state index contributed by atoms with van der Waals surface area (Å²) in [5.74, 6) is -1.08. The highest BCUT2D eigenvalue weighted by Gasteiger charge is 2.21. The third-order valence-corrected chi connectivity index (χ3v) is 5.35. The summed E-state index contributed by atoms with van der Waals surface area (Å²) < 4.78 is 0. The van der Waals surface area contributed by atoms with Crippen LogP contribution in [0.4, 0.5) is 0 Å². The van der Waals surface area contributed by atoms with Crippen molar-refractivity contribution in [3.8, 4) is 0 Å². The molecule has 31 heavy (non-hydrogen) atoms. The molecule has 0 heterocycles. The molecule has 0 saturated heterocycles. The molecular weight excluding hydrogens is 392 g/mol. The fraction of sp³-hybridized carbons (Fsp3) is 0.870. The van der Waals surface area contributed by atoms with Gasteiger partial charge in [-0.15, -0.1) is 0 Å². The molecule has 0 amide bonds. The summed E-state index contributed by atoms with van der Waals surface area (Å²) in [5, 5.41) is 8.78. The lowest BCUT2D eigenvalue weighted by molar-refractivity contribution is -0.180. The van der Waals surface area contributed by atoms with Crippen LogP contribution in [0.2, 0.25) is 0 Å². The first-order valence-electron chi connectivity index (χ1n) is 12.4. The van der Waals surface area contributed by atoms with E-state index in [1.807, 2.05) is 6.92 Å². The summed E-state index contributed by atoms with van der Waals surface area (Å²) in [7, 11) is 0. The van der Waals surface area contributed by atoms with Crippen molar-refractivity contribution in [2.45, 2.75) is 129 Å². The van der Waals surface area contributed by atoms with Crippen LogP contribution in [-0.4, -0.2) is 29.1 Å². The van der Waals surface area contributed by atoms with Crippen LogP contribution in [0.1, 0.15) is 123 Å². The maximum absolute atomic E-state index is 12.1. The zero-order chi connectivity index (χ0) is 23.3. The number of hydrogen-bond acceptors (Lipinski definition) is 4. The minimum atomic E-state index is -0.666. The number of aliphatic imine (C=N–C) groups is 1. The first-order valence-corrected chi connectivity index (χ1v) is 12.4. The monoisotopic (exact) mass is 440 g/mol. The van der Waals surface area contributed by atoms with E-state index >= 15 is 0 Å². The van der Waals surface area contributed by atoms with Crippen LogP contribution in [-0.2, 0) is 9.63 Å². The Morgan fingerprint density at radius 3 is 1.65 bits per heavy atom. The largest absolute Gasteiger partial charge is 0.370 e. The molecule has 0 aliphatic heterocycles. The molecular formula is C23H48N6O2. The van der Waals surface area contributed by atoms with Crippen LogP contribution in [0.15, 0.2) is 4.99 Å². The molecule has 8 heteroatoms. The van der Waals surface area contributed by atoms with Crippen LogP contribution < -0.4 is 17.2 Å². The second-order valence-electron chi connectivity index (χ2n) is 8.32. The van der Waals surface area contributed by atoms with E-state index in [0.717, 1.165) is 24.3 Å². The van der Waals surface area contributed by atoms with E-state index in [1.54, 1.807) is 0 Å². The Balaban J connectivity index is 3.70. The highest BCUT2D eigenvalue weighted by molar-refractivity contribution is 5.91. The number of nitrogens with one attached hydrogen (secondary N) is 1. The Morgan fingerprint density at radius 1 is 0.839 bits per heavy atom. The van der Waals surface area contributed by atoms with E-state index in [2.05, 4.69) is 11.9 Å². The van der Waals surface area contributed by atoms with E-state index in [9.17, 15) is 4.79 Å². The number of guanidine groups is 2. The summed E-state index contributed by atoms with van der Waals surface area (Å²) in [5.41, 5.74) is 16.4. The maximum Gasteiger partial charge on any atom is 0.332 e. The molecule has 182 valence electrons. The molecule has 0 aliphatic rings. The van der Waals surface area contributed by atoms with Gasteiger partial charge in [-0.1, -0.05) is 104 Å². The van der Waals surface area contributed by atoms with E-state index in [-0.39, 0.29) is 11.9 Å². The Kier molecular flexibility index (Phi) is 18.9. The lowest BCUT2D eigenvalue weighted by atomic mass is 10.0. The molecule has 0 aliphatic carbocycles. The topological polar surface area (TPSA) is 144 Å². The summed E-state index contributed by atoms with van der Waals surface area (Å²) in [6.07, 6.45) is 19.2. The van der Waals surface area contributed by atoms with Gasteiger partial charge in [0.15, 0.2) is 5.96 Å². The van der Waals surface area contributed by atoms with Crippen LogP contribution in [0.5, 0.6) is 0 Å². The highest BCUT2D eigenvalue weighted by Crippen LogP contribution is 2.14. The van der Waals surface area contributed by atoms with Gasteiger partial charge in [-0.3, -0.25) is 5.41 Å². The predicted molar refractivity (Wildman–Crippen MR) is 129 cm³/mol. The normalized spacial score (nSPS) is 11.7. The smallest absolute Gasteiger partial charge is 0.332 e. The molecule has 0 radical (unpaired) electrons. The van der Waals surface area contributed by atoms with Crippen LogP contribution in [0.3, 0.4) is 0 Å². The van der Waals surface area contributed by atoms with Gasteiger partial charge in [0, 0.05) is 6.42 Å². The number of carbonyl (C=O) groups is 1. The Morgan fingerprint density at radius 2 is 1.26 bits per heavy atom. The minimum absolute atomic E-state index is 0.281. The molecule has 0 saturated carbocycles. The van der Waals surface area contributed by atoms with E-state index in [1.165, 1.54) is 77.0 Å². The summed E-state index contributed by atoms with van der Waals surface area (Å²) in [4.78, 5) is 20.9. The molecule has 0 fully saturated rings. The van der Waals surface area contributed by atoms with Crippen molar-refractivity contribution in [3.05, 3.63) is 0 Å². The first kappa shape index (κ1) is 29.2. The van der Waals surface area contributed by atoms with Crippen molar-refractivity contribution in [1.29, 1.82) is 5.41 Å². The standard InChI is InChI=1S/C23H48N6O2/c1-3-5-6-7-8-9-10-11-12-13-14-15-16-17-18-19-21(30)31-29(20(24)4-2)23(27)28-22(25)26/h20H,3-19,24H2,1-2H3,(H5,25,26,27,28). The molecule has 0 rings (SSSR count). The number of unbranched alkanes of at least 4 members (excludes halogenated alkanes) is 14. The number of hydroxylamine groups is 2. The lowest BCUT2D eigenvalue weighted by Gasteiger charge is -2.26. The number of rotatable bonds is 18. The summed E-state index contributed by atoms with van der Waals surface area (Å²) >= 11 is 0. The number of nitrogens with two attached hydrogens (primary N) is 3. The number of hydrogen-bond donors (Lipinski definition) is 4. The van der Waals surface area contributed by atoms with Crippen LogP contribution in [0, 0.1) is 5.41 Å². The van der Waals surface area contributed by atoms with Crippen molar-refractivity contribution in [1.82, 2.24) is 5.06 Å². The Bertz CT molecular complexity index is 494. The summed E-state index contributed by atoms with van der Waals surface area (Å²) in [6, 6.07) is 0. The zero-order valence-electron chi connectivity index (χ0n) is 20.0. The predicted octanol–water partition coefficient (Wildman–Crippen LogP) is 4.91. The van der Waals surface area contributed by atoms with Gasteiger partial charge < -0.3 is 22.0 Å². The second kappa shape index (κ2) is 20.1. The molecule has 1 unspecified atom stereocenters. The van der Waals surface area contributed by atoms with Crippen molar-refractivity contribution in [3.63, 3.8) is 0 Å². The van der Waals surface area contributed by atoms with Gasteiger partial charge in [0.2, 0.25) is 0 Å². The minimum Gasteiger partial charge on any atom is -0.370 e. The van der Waals surface area contributed by atoms with Crippen molar-refractivity contribution >= 4 is 17.9 Å². The van der Waals surface area contributed by atoms with Gasteiger partial charge in [0.25, 0.3) is 5.96 Å². The quantitative estimate of drug-likeness (QED) is 0.0783. The van der Waals surface area contributed by atoms with Gasteiger partial charge in [0.1, 0.15) is 6.17 Å². The van der Waals surface area contributed by atoms with Crippen molar-refractivity contribution in [2.75, 3.05) is 0 Å². The molecule has 0 aromatic carbocycles. The van der Waals surface area contributed by atoms with Crippen LogP contribution >= 0.6 is 0 Å². The summed E-state index contributed by atoms with van der Waals surface area (Å²) in [6.45, 7) is 4.08. The fourth-order valence-corrected chi connectivity index (χ4v) is 3.40. The Labute approximate surface area is 189 Å². The lowest BCUT2D eigenvalue weighted by Crippen LogP contribution is -2.46. The number of nitrogens with zero attached hydrogens (tertiary/aromatic N) is 2. The maximum atomic E-state index is 12.1. The van der Waals surface area contributed by atoms with Gasteiger partial charge in [-0.2, -0.15) is 10.1 Å². The van der Waals surface area contributed by atoms with E-state index < -0.39 is 12.1 Å². The SMILES string of the molecule is CCCCCCCCCCCCCCCCCC(=O)ON(C(=N)N=C(N)N)C(N)CC. The highest BCUT2D eigenvalue weighted by atomic mass is 16.7. The second-order valence-corrected chi connectivity index (χ2v) is 8.32. The zero-order valence-corrected chi connectivity index (χ0v) is 20.0. The van der Waals surface area contributed by atoms with Crippen LogP contribution in [0.25, 0.3) is 0 Å². The molecule has 0 spiro atoms. The first-order chi connectivity index (χ1) is 14.9. The Hall–Kier alpha value is -1.83. The molecule has 0 aromatic rings. The fourth-order valence-electron chi connectivity index (χ4n) is 3.40. The van der Waals surface area contributed by atoms with Crippen molar-refractivity contribution in [2.24, 2.45) is 22.2 Å². The average Bonchev–Trinajstić information content (AvgIpc) is 2.73. The number of carbonyl (C=O) groups excluding carboxylic acids is 1. The molecule has 7 N–H and O–H groups in total. The average molecular weight is 441 g/mol. The third-order valence-electron chi connectivity index (χ3n) is 5.35. The van der Waals surface area contributed by atoms with E-state index in [0.29, 0.717) is 12.8 Å². The van der Waals surface area contributed by atoms with Crippen molar-refractivity contribution < 1.29 is 9.63 Å². The van der Waals surface area contributed by atoms with Gasteiger partial charge in [0.05, 0.1) is 0 Å². The molecule has 8 nitrogen and oxygen atoms in total. The van der Waals surface area contributed by atoms with Gasteiger partial charge in [-0.25, -0.2) is 4.79 Å². The molecule has 0 bridgehead atoms. The van der Waals surface area contributed by atoms with E-state index in [4.69, 9.17) is 27.4 Å². The van der Waals surface area contributed by atoms with Gasteiger partial charge in [-0.05, 0) is 12.8 Å². The van der Waals surface area contributed by atoms with Gasteiger partial charge >= 0.3 is 5.97 Å².